The zero-order chi connectivity index (χ0) is 12.1. The summed E-state index contributed by atoms with van der Waals surface area (Å²) in [5.41, 5.74) is 4.60. The third-order valence-corrected chi connectivity index (χ3v) is 2.73. The molecule has 17 heavy (non-hydrogen) atoms. The third kappa shape index (κ3) is 3.12. The summed E-state index contributed by atoms with van der Waals surface area (Å²) in [6, 6.07) is 8.04. The van der Waals surface area contributed by atoms with E-state index >= 15 is 0 Å². The Morgan fingerprint density at radius 2 is 2.06 bits per heavy atom. The van der Waals surface area contributed by atoms with Crippen molar-refractivity contribution in [2.24, 2.45) is 5.10 Å². The second-order valence-corrected chi connectivity index (χ2v) is 4.01. The van der Waals surface area contributed by atoms with Crippen LogP contribution in [0.5, 0.6) is 0 Å². The molecule has 1 aromatic carbocycles. The largest absolute Gasteiger partial charge is 0.278 e. The molecule has 0 aliphatic rings. The molecule has 0 unspecified atom stereocenters. The summed E-state index contributed by atoms with van der Waals surface area (Å²) >= 11 is 1.60. The van der Waals surface area contributed by atoms with Crippen LogP contribution in [-0.2, 0) is 0 Å². The van der Waals surface area contributed by atoms with E-state index in [1.54, 1.807) is 29.7 Å². The molecule has 0 aliphatic carbocycles. The van der Waals surface area contributed by atoms with Crippen molar-refractivity contribution in [2.75, 3.05) is 5.43 Å². The van der Waals surface area contributed by atoms with Gasteiger partial charge in [-0.05, 0) is 29.0 Å². The smallest absolute Gasteiger partial charge is 0.269 e. The van der Waals surface area contributed by atoms with E-state index in [0.29, 0.717) is 5.69 Å². The molecule has 0 aliphatic heterocycles. The summed E-state index contributed by atoms with van der Waals surface area (Å²) < 4.78 is 0. The van der Waals surface area contributed by atoms with Crippen molar-refractivity contribution in [3.05, 3.63) is 56.8 Å². The topological polar surface area (TPSA) is 67.5 Å². The maximum absolute atomic E-state index is 10.4. The van der Waals surface area contributed by atoms with Crippen molar-refractivity contribution in [1.82, 2.24) is 0 Å². The van der Waals surface area contributed by atoms with Gasteiger partial charge in [0.05, 0.1) is 16.8 Å². The highest BCUT2D eigenvalue weighted by Gasteiger charge is 2.02. The number of hydrogen-bond acceptors (Lipinski definition) is 5. The van der Waals surface area contributed by atoms with Crippen LogP contribution in [0.15, 0.2) is 46.2 Å². The van der Waals surface area contributed by atoms with Gasteiger partial charge in [0, 0.05) is 17.7 Å². The lowest BCUT2D eigenvalue weighted by molar-refractivity contribution is -0.384. The molecular weight excluding hydrogens is 238 g/mol. The first-order valence-corrected chi connectivity index (χ1v) is 5.76. The van der Waals surface area contributed by atoms with Crippen molar-refractivity contribution in [1.29, 1.82) is 0 Å². The van der Waals surface area contributed by atoms with E-state index in [9.17, 15) is 10.1 Å². The second kappa shape index (κ2) is 5.22. The molecule has 1 heterocycles. The summed E-state index contributed by atoms with van der Waals surface area (Å²) in [4.78, 5) is 10.0. The third-order valence-electron chi connectivity index (χ3n) is 2.03. The highest BCUT2D eigenvalue weighted by molar-refractivity contribution is 7.08. The van der Waals surface area contributed by atoms with Gasteiger partial charge in [-0.2, -0.15) is 16.4 Å². The van der Waals surface area contributed by atoms with Crippen molar-refractivity contribution < 1.29 is 4.92 Å². The van der Waals surface area contributed by atoms with Crippen LogP contribution in [0.25, 0.3) is 0 Å². The molecule has 0 spiro atoms. The van der Waals surface area contributed by atoms with E-state index in [4.69, 9.17) is 0 Å². The normalized spacial score (nSPS) is 10.6. The lowest BCUT2D eigenvalue weighted by atomic mass is 10.3. The van der Waals surface area contributed by atoms with E-state index in [1.165, 1.54) is 12.1 Å². The van der Waals surface area contributed by atoms with E-state index in [1.807, 2.05) is 16.8 Å². The van der Waals surface area contributed by atoms with Crippen molar-refractivity contribution in [3.63, 3.8) is 0 Å². The maximum atomic E-state index is 10.4. The monoisotopic (exact) mass is 247 g/mol. The summed E-state index contributed by atoms with van der Waals surface area (Å²) in [6.07, 6.45) is 1.69. The number of nitrogens with zero attached hydrogens (tertiary/aromatic N) is 2. The van der Waals surface area contributed by atoms with Crippen molar-refractivity contribution >= 4 is 28.9 Å². The van der Waals surface area contributed by atoms with Gasteiger partial charge >= 0.3 is 0 Å². The maximum Gasteiger partial charge on any atom is 0.269 e. The molecule has 0 bridgehead atoms. The quantitative estimate of drug-likeness (QED) is 0.512. The fraction of sp³-hybridized carbons (Fsp3) is 0. The van der Waals surface area contributed by atoms with Crippen LogP contribution in [0.1, 0.15) is 5.56 Å². The minimum Gasteiger partial charge on any atom is -0.278 e. The zero-order valence-electron chi connectivity index (χ0n) is 8.74. The molecule has 2 aromatic rings. The predicted octanol–water partition coefficient (Wildman–Crippen LogP) is 3.10. The number of nitro benzene ring substituents is 1. The molecule has 0 amide bonds. The first kappa shape index (κ1) is 11.3. The molecule has 0 fully saturated rings. The number of nitro groups is 1. The molecule has 86 valence electrons. The summed E-state index contributed by atoms with van der Waals surface area (Å²) in [5.74, 6) is 0. The molecule has 2 rings (SSSR count). The Bertz CT molecular complexity index is 520. The number of hydrazone groups is 1. The van der Waals surface area contributed by atoms with Gasteiger partial charge in [0.15, 0.2) is 0 Å². The van der Waals surface area contributed by atoms with Gasteiger partial charge in [-0.1, -0.05) is 0 Å². The molecule has 0 saturated carbocycles. The highest BCUT2D eigenvalue weighted by Crippen LogP contribution is 2.15. The van der Waals surface area contributed by atoms with E-state index in [2.05, 4.69) is 10.5 Å². The number of rotatable bonds is 4. The Kier molecular flexibility index (Phi) is 3.46. The fourth-order valence-electron chi connectivity index (χ4n) is 1.19. The van der Waals surface area contributed by atoms with Crippen LogP contribution in [0.4, 0.5) is 11.4 Å². The molecule has 0 saturated heterocycles. The summed E-state index contributed by atoms with van der Waals surface area (Å²) in [7, 11) is 0. The van der Waals surface area contributed by atoms with Gasteiger partial charge in [-0.25, -0.2) is 0 Å². The van der Waals surface area contributed by atoms with E-state index < -0.39 is 4.92 Å². The lowest BCUT2D eigenvalue weighted by Crippen LogP contribution is -1.91. The van der Waals surface area contributed by atoms with E-state index in [0.717, 1.165) is 5.56 Å². The Balaban J connectivity index is 1.97. The molecule has 1 aromatic heterocycles. The van der Waals surface area contributed by atoms with Crippen LogP contribution in [0.2, 0.25) is 0 Å². The minimum atomic E-state index is -0.432. The van der Waals surface area contributed by atoms with Gasteiger partial charge in [-0.3, -0.25) is 15.5 Å². The number of nitrogens with one attached hydrogen (secondary N) is 1. The molecule has 1 N–H and O–H groups in total. The van der Waals surface area contributed by atoms with Gasteiger partial charge in [-0.15, -0.1) is 0 Å². The van der Waals surface area contributed by atoms with Gasteiger partial charge in [0.1, 0.15) is 0 Å². The first-order chi connectivity index (χ1) is 8.25. The van der Waals surface area contributed by atoms with Crippen LogP contribution in [-0.4, -0.2) is 11.1 Å². The highest BCUT2D eigenvalue weighted by atomic mass is 32.1. The molecule has 6 heteroatoms. The van der Waals surface area contributed by atoms with Crippen molar-refractivity contribution in [3.8, 4) is 0 Å². The number of benzene rings is 1. The Morgan fingerprint density at radius 3 is 2.65 bits per heavy atom. The summed E-state index contributed by atoms with van der Waals surface area (Å²) in [5, 5.41) is 18.4. The van der Waals surface area contributed by atoms with Crippen LogP contribution in [0.3, 0.4) is 0 Å². The standard InChI is InChI=1S/C11H9N3O2S/c15-14(16)11-3-1-10(2-4-11)13-12-7-9-5-6-17-8-9/h1-8,13H/b12-7-. The molecule has 0 atom stereocenters. The SMILES string of the molecule is O=[N+]([O-])c1ccc(N/N=C\c2ccsc2)cc1. The fourth-order valence-corrected chi connectivity index (χ4v) is 1.80. The average Bonchev–Trinajstić information content (AvgIpc) is 2.83. The Hall–Kier alpha value is -2.21. The van der Waals surface area contributed by atoms with Crippen LogP contribution >= 0.6 is 11.3 Å². The summed E-state index contributed by atoms with van der Waals surface area (Å²) in [6.45, 7) is 0. The van der Waals surface area contributed by atoms with E-state index in [-0.39, 0.29) is 5.69 Å². The number of thiophene rings is 1. The second-order valence-electron chi connectivity index (χ2n) is 3.23. The Labute approximate surface area is 102 Å². The Morgan fingerprint density at radius 1 is 1.29 bits per heavy atom. The number of non-ortho nitro benzene ring substituents is 1. The average molecular weight is 247 g/mol. The van der Waals surface area contributed by atoms with Crippen LogP contribution in [0, 0.1) is 10.1 Å². The molecule has 0 radical (unpaired) electrons. The predicted molar refractivity (Wildman–Crippen MR) is 68.6 cm³/mol. The minimum absolute atomic E-state index is 0.0670. The molecular formula is C11H9N3O2S. The van der Waals surface area contributed by atoms with Gasteiger partial charge in [0.25, 0.3) is 5.69 Å². The van der Waals surface area contributed by atoms with Crippen LogP contribution < -0.4 is 5.43 Å². The van der Waals surface area contributed by atoms with Gasteiger partial charge < -0.3 is 0 Å². The lowest BCUT2D eigenvalue weighted by Gasteiger charge is -1.98. The number of anilines is 1. The molecule has 5 nitrogen and oxygen atoms in total. The van der Waals surface area contributed by atoms with Crippen molar-refractivity contribution in [2.45, 2.75) is 0 Å². The number of hydrogen-bond donors (Lipinski definition) is 1. The zero-order valence-corrected chi connectivity index (χ0v) is 9.55. The van der Waals surface area contributed by atoms with Gasteiger partial charge in [0.2, 0.25) is 0 Å². The first-order valence-electron chi connectivity index (χ1n) is 4.81.